The second kappa shape index (κ2) is 5.91. The van der Waals surface area contributed by atoms with Gasteiger partial charge in [0, 0.05) is 24.9 Å². The second-order valence-electron chi connectivity index (χ2n) is 4.51. The van der Waals surface area contributed by atoms with Crippen LogP contribution in [-0.4, -0.2) is 30.1 Å². The number of carbonyl (C=O) groups is 1. The fourth-order valence-electron chi connectivity index (χ4n) is 2.34. The maximum atomic E-state index is 12.9. The molecule has 1 aliphatic carbocycles. The van der Waals surface area contributed by atoms with Crippen LogP contribution in [0.25, 0.3) is 0 Å². The molecule has 0 bridgehead atoms. The van der Waals surface area contributed by atoms with Gasteiger partial charge in [-0.3, -0.25) is 4.79 Å². The summed E-state index contributed by atoms with van der Waals surface area (Å²) in [6.45, 7) is 0. The van der Waals surface area contributed by atoms with Crippen molar-refractivity contribution in [2.24, 2.45) is 0 Å². The SMILES string of the molecule is CO[C@@H]1CCCC[C@H]1NC(=O)c1ccnc(F)c1. The molecule has 0 unspecified atom stereocenters. The van der Waals surface area contributed by atoms with Crippen molar-refractivity contribution in [3.63, 3.8) is 0 Å². The smallest absolute Gasteiger partial charge is 0.251 e. The Bertz CT molecular complexity index is 425. The van der Waals surface area contributed by atoms with E-state index in [2.05, 4.69) is 10.3 Å². The summed E-state index contributed by atoms with van der Waals surface area (Å²) in [6.07, 6.45) is 5.39. The Morgan fingerprint density at radius 1 is 1.50 bits per heavy atom. The van der Waals surface area contributed by atoms with Crippen LogP contribution in [0.1, 0.15) is 36.0 Å². The maximum absolute atomic E-state index is 12.9. The summed E-state index contributed by atoms with van der Waals surface area (Å²) in [6, 6.07) is 2.65. The molecule has 0 aliphatic heterocycles. The minimum atomic E-state index is -0.644. The Balaban J connectivity index is 2.02. The van der Waals surface area contributed by atoms with Crippen molar-refractivity contribution in [1.29, 1.82) is 0 Å². The first-order valence-corrected chi connectivity index (χ1v) is 6.16. The molecule has 0 spiro atoms. The van der Waals surface area contributed by atoms with Crippen LogP contribution >= 0.6 is 0 Å². The largest absolute Gasteiger partial charge is 0.379 e. The molecule has 1 saturated carbocycles. The first-order valence-electron chi connectivity index (χ1n) is 6.16. The Morgan fingerprint density at radius 3 is 3.00 bits per heavy atom. The predicted molar refractivity (Wildman–Crippen MR) is 64.7 cm³/mol. The first-order chi connectivity index (χ1) is 8.70. The zero-order chi connectivity index (χ0) is 13.0. The van der Waals surface area contributed by atoms with Crippen molar-refractivity contribution < 1.29 is 13.9 Å². The predicted octanol–water partition coefficient (Wildman–Crippen LogP) is 1.91. The van der Waals surface area contributed by atoms with Gasteiger partial charge in [-0.05, 0) is 18.9 Å². The number of halogens is 1. The lowest BCUT2D eigenvalue weighted by atomic mass is 9.92. The highest BCUT2D eigenvalue weighted by molar-refractivity contribution is 5.94. The number of hydrogen-bond donors (Lipinski definition) is 1. The van der Waals surface area contributed by atoms with Gasteiger partial charge in [0.05, 0.1) is 12.1 Å². The van der Waals surface area contributed by atoms with Gasteiger partial charge in [0.15, 0.2) is 0 Å². The molecule has 1 aromatic rings. The molecular formula is C13H17FN2O2. The van der Waals surface area contributed by atoms with Gasteiger partial charge in [-0.2, -0.15) is 4.39 Å². The molecule has 18 heavy (non-hydrogen) atoms. The van der Waals surface area contributed by atoms with E-state index < -0.39 is 5.95 Å². The minimum absolute atomic E-state index is 0.00692. The highest BCUT2D eigenvalue weighted by Gasteiger charge is 2.26. The van der Waals surface area contributed by atoms with E-state index in [1.807, 2.05) is 0 Å². The van der Waals surface area contributed by atoms with E-state index in [0.717, 1.165) is 31.7 Å². The van der Waals surface area contributed by atoms with E-state index in [1.54, 1.807) is 7.11 Å². The van der Waals surface area contributed by atoms with Gasteiger partial charge in [-0.15, -0.1) is 0 Å². The number of aromatic nitrogens is 1. The monoisotopic (exact) mass is 252 g/mol. The van der Waals surface area contributed by atoms with E-state index in [4.69, 9.17) is 4.74 Å². The number of amides is 1. The molecular weight excluding hydrogens is 235 g/mol. The van der Waals surface area contributed by atoms with Gasteiger partial charge in [-0.25, -0.2) is 4.98 Å². The molecule has 0 radical (unpaired) electrons. The maximum Gasteiger partial charge on any atom is 0.251 e. The summed E-state index contributed by atoms with van der Waals surface area (Å²) in [5.41, 5.74) is 0.294. The molecule has 0 aromatic carbocycles. The van der Waals surface area contributed by atoms with Gasteiger partial charge in [0.2, 0.25) is 5.95 Å². The Hall–Kier alpha value is -1.49. The van der Waals surface area contributed by atoms with Gasteiger partial charge < -0.3 is 10.1 Å². The molecule has 1 aromatic heterocycles. The molecule has 1 fully saturated rings. The van der Waals surface area contributed by atoms with Crippen LogP contribution < -0.4 is 5.32 Å². The topological polar surface area (TPSA) is 51.2 Å². The molecule has 1 N–H and O–H groups in total. The molecule has 5 heteroatoms. The Labute approximate surface area is 106 Å². The van der Waals surface area contributed by atoms with Crippen molar-refractivity contribution in [3.05, 3.63) is 29.8 Å². The first kappa shape index (κ1) is 13.0. The number of nitrogens with one attached hydrogen (secondary N) is 1. The standard InChI is InChI=1S/C13H17FN2O2/c1-18-11-5-3-2-4-10(11)16-13(17)9-6-7-15-12(14)8-9/h6-8,10-11H,2-5H2,1H3,(H,16,17)/t10-,11-/m1/s1. The van der Waals surface area contributed by atoms with Gasteiger partial charge >= 0.3 is 0 Å². The van der Waals surface area contributed by atoms with Gasteiger partial charge in [0.1, 0.15) is 0 Å². The average Bonchev–Trinajstić information content (AvgIpc) is 2.39. The van der Waals surface area contributed by atoms with E-state index in [9.17, 15) is 9.18 Å². The van der Waals surface area contributed by atoms with Crippen molar-refractivity contribution >= 4 is 5.91 Å². The highest BCUT2D eigenvalue weighted by atomic mass is 19.1. The number of hydrogen-bond acceptors (Lipinski definition) is 3. The van der Waals surface area contributed by atoms with Crippen LogP contribution in [0.3, 0.4) is 0 Å². The number of rotatable bonds is 3. The third kappa shape index (κ3) is 3.04. The summed E-state index contributed by atoms with van der Waals surface area (Å²) >= 11 is 0. The molecule has 1 heterocycles. The van der Waals surface area contributed by atoms with Crippen molar-refractivity contribution in [1.82, 2.24) is 10.3 Å². The third-order valence-electron chi connectivity index (χ3n) is 3.31. The summed E-state index contributed by atoms with van der Waals surface area (Å²) in [4.78, 5) is 15.4. The van der Waals surface area contributed by atoms with Gasteiger partial charge in [0.25, 0.3) is 5.91 Å². The summed E-state index contributed by atoms with van der Waals surface area (Å²) in [5.74, 6) is -0.917. The van der Waals surface area contributed by atoms with Crippen LogP contribution in [0.15, 0.2) is 18.3 Å². The number of carbonyl (C=O) groups excluding carboxylic acids is 1. The number of methoxy groups -OCH3 is 1. The lowest BCUT2D eigenvalue weighted by Gasteiger charge is -2.31. The van der Waals surface area contributed by atoms with E-state index in [-0.39, 0.29) is 18.1 Å². The van der Waals surface area contributed by atoms with E-state index in [0.29, 0.717) is 5.56 Å². The fourth-order valence-corrected chi connectivity index (χ4v) is 2.34. The number of nitrogens with zero attached hydrogens (tertiary/aromatic N) is 1. The fraction of sp³-hybridized carbons (Fsp3) is 0.538. The van der Waals surface area contributed by atoms with Crippen LogP contribution in [0.2, 0.25) is 0 Å². The molecule has 0 saturated heterocycles. The zero-order valence-electron chi connectivity index (χ0n) is 10.4. The summed E-state index contributed by atoms with van der Waals surface area (Å²) in [7, 11) is 1.65. The lowest BCUT2D eigenvalue weighted by Crippen LogP contribution is -2.45. The highest BCUT2D eigenvalue weighted by Crippen LogP contribution is 2.21. The van der Waals surface area contributed by atoms with Gasteiger partial charge in [-0.1, -0.05) is 12.8 Å². The summed E-state index contributed by atoms with van der Waals surface area (Å²) < 4.78 is 18.3. The molecule has 98 valence electrons. The van der Waals surface area contributed by atoms with Crippen molar-refractivity contribution in [3.8, 4) is 0 Å². The normalized spacial score (nSPS) is 23.7. The van der Waals surface area contributed by atoms with Crippen LogP contribution in [0.5, 0.6) is 0 Å². The van der Waals surface area contributed by atoms with Crippen LogP contribution in [-0.2, 0) is 4.74 Å². The molecule has 1 aliphatic rings. The molecule has 1 amide bonds. The van der Waals surface area contributed by atoms with Crippen molar-refractivity contribution in [2.75, 3.05) is 7.11 Å². The van der Waals surface area contributed by atoms with E-state index >= 15 is 0 Å². The molecule has 4 nitrogen and oxygen atoms in total. The summed E-state index contributed by atoms with van der Waals surface area (Å²) in [5, 5.41) is 2.90. The third-order valence-corrected chi connectivity index (χ3v) is 3.31. The van der Waals surface area contributed by atoms with Crippen molar-refractivity contribution in [2.45, 2.75) is 37.8 Å². The quantitative estimate of drug-likeness (QED) is 0.836. The van der Waals surface area contributed by atoms with Crippen LogP contribution in [0, 0.1) is 5.95 Å². The number of pyridine rings is 1. The lowest BCUT2D eigenvalue weighted by molar-refractivity contribution is 0.0392. The van der Waals surface area contributed by atoms with E-state index in [1.165, 1.54) is 12.3 Å². The molecule has 2 rings (SSSR count). The molecule has 2 atom stereocenters. The second-order valence-corrected chi connectivity index (χ2v) is 4.51. The minimum Gasteiger partial charge on any atom is -0.379 e. The zero-order valence-corrected chi connectivity index (χ0v) is 10.4. The van der Waals surface area contributed by atoms with Crippen LogP contribution in [0.4, 0.5) is 4.39 Å². The average molecular weight is 252 g/mol. The number of ether oxygens (including phenoxy) is 1. The Kier molecular flexibility index (Phi) is 4.25. The Morgan fingerprint density at radius 2 is 2.28 bits per heavy atom.